The van der Waals surface area contributed by atoms with Crippen LogP contribution in [0.15, 0.2) is 10.8 Å². The lowest BCUT2D eigenvalue weighted by Gasteiger charge is -2.22. The van der Waals surface area contributed by atoms with Gasteiger partial charge >= 0.3 is 0 Å². The first kappa shape index (κ1) is 13.0. The van der Waals surface area contributed by atoms with Gasteiger partial charge in [0, 0.05) is 18.3 Å². The van der Waals surface area contributed by atoms with Crippen LogP contribution >= 0.6 is 27.7 Å². The highest BCUT2D eigenvalue weighted by atomic mass is 79.9. The van der Waals surface area contributed by atoms with Crippen molar-refractivity contribution in [1.29, 1.82) is 0 Å². The van der Waals surface area contributed by atoms with E-state index < -0.39 is 0 Å². The van der Waals surface area contributed by atoms with Crippen LogP contribution in [0.1, 0.15) is 19.3 Å². The smallest absolute Gasteiger partial charge is 0.148 e. The standard InChI is InChI=1S/C11H17BrN4S/c1-17-8-3-2-5-16(6-4-8)11-9(12)10(13)14-7-15-11/h7-8H,2-6H2,1H3,(H2,13,14,15). The fourth-order valence-electron chi connectivity index (χ4n) is 2.11. The van der Waals surface area contributed by atoms with E-state index >= 15 is 0 Å². The Morgan fingerprint density at radius 1 is 1.41 bits per heavy atom. The van der Waals surface area contributed by atoms with Crippen LogP contribution in [-0.2, 0) is 0 Å². The van der Waals surface area contributed by atoms with Crippen molar-refractivity contribution in [1.82, 2.24) is 9.97 Å². The van der Waals surface area contributed by atoms with E-state index in [4.69, 9.17) is 5.73 Å². The summed E-state index contributed by atoms with van der Waals surface area (Å²) in [6.45, 7) is 2.09. The van der Waals surface area contributed by atoms with Gasteiger partial charge in [-0.1, -0.05) is 0 Å². The van der Waals surface area contributed by atoms with Gasteiger partial charge in [-0.2, -0.15) is 11.8 Å². The number of nitrogen functional groups attached to an aromatic ring is 1. The van der Waals surface area contributed by atoms with E-state index in [2.05, 4.69) is 37.1 Å². The molecule has 0 bridgehead atoms. The number of thioether (sulfide) groups is 1. The summed E-state index contributed by atoms with van der Waals surface area (Å²) < 4.78 is 0.822. The molecule has 94 valence electrons. The van der Waals surface area contributed by atoms with Crippen LogP contribution in [0.2, 0.25) is 0 Å². The van der Waals surface area contributed by atoms with Crippen LogP contribution < -0.4 is 10.6 Å². The molecule has 1 fully saturated rings. The van der Waals surface area contributed by atoms with Gasteiger partial charge in [-0.3, -0.25) is 0 Å². The highest BCUT2D eigenvalue weighted by Gasteiger charge is 2.19. The minimum Gasteiger partial charge on any atom is -0.383 e. The summed E-state index contributed by atoms with van der Waals surface area (Å²) in [5, 5.41) is 0.776. The zero-order chi connectivity index (χ0) is 12.3. The van der Waals surface area contributed by atoms with Gasteiger partial charge < -0.3 is 10.6 Å². The number of hydrogen-bond donors (Lipinski definition) is 1. The Bertz CT molecular complexity index is 388. The first-order valence-electron chi connectivity index (χ1n) is 5.76. The largest absolute Gasteiger partial charge is 0.383 e. The summed E-state index contributed by atoms with van der Waals surface area (Å²) >= 11 is 5.44. The summed E-state index contributed by atoms with van der Waals surface area (Å²) in [7, 11) is 0. The first-order chi connectivity index (χ1) is 8.22. The normalized spacial score (nSPS) is 21.3. The number of rotatable bonds is 2. The molecule has 4 nitrogen and oxygen atoms in total. The molecule has 2 N–H and O–H groups in total. The third-order valence-corrected chi connectivity index (χ3v) is 5.00. The fraction of sp³-hybridized carbons (Fsp3) is 0.636. The second-order valence-electron chi connectivity index (χ2n) is 4.17. The third-order valence-electron chi connectivity index (χ3n) is 3.11. The van der Waals surface area contributed by atoms with Crippen LogP contribution in [0.25, 0.3) is 0 Å². The predicted octanol–water partition coefficient (Wildman–Crippen LogP) is 2.54. The molecule has 2 heterocycles. The van der Waals surface area contributed by atoms with Crippen molar-refractivity contribution in [2.24, 2.45) is 0 Å². The molecule has 0 aromatic carbocycles. The van der Waals surface area contributed by atoms with Gasteiger partial charge in [0.05, 0.1) is 0 Å². The molecular weight excluding hydrogens is 300 g/mol. The van der Waals surface area contributed by atoms with Gasteiger partial charge in [-0.05, 0) is 41.4 Å². The molecule has 0 amide bonds. The van der Waals surface area contributed by atoms with E-state index in [9.17, 15) is 0 Å². The van der Waals surface area contributed by atoms with Gasteiger partial charge in [0.15, 0.2) is 0 Å². The van der Waals surface area contributed by atoms with Crippen LogP contribution in [0.4, 0.5) is 11.6 Å². The Balaban J connectivity index is 2.14. The summed E-state index contributed by atoms with van der Waals surface area (Å²) in [6.07, 6.45) is 7.43. The van der Waals surface area contributed by atoms with Gasteiger partial charge in [0.25, 0.3) is 0 Å². The maximum Gasteiger partial charge on any atom is 0.148 e. The third kappa shape index (κ3) is 3.04. The highest BCUT2D eigenvalue weighted by Crippen LogP contribution is 2.30. The maximum absolute atomic E-state index is 5.79. The number of nitrogens with two attached hydrogens (primary N) is 1. The maximum atomic E-state index is 5.79. The van der Waals surface area contributed by atoms with Crippen molar-refractivity contribution < 1.29 is 0 Å². The lowest BCUT2D eigenvalue weighted by molar-refractivity contribution is 0.745. The molecular formula is C11H17BrN4S. The topological polar surface area (TPSA) is 55.0 Å². The molecule has 1 saturated heterocycles. The average molecular weight is 317 g/mol. The molecule has 1 aromatic rings. The second kappa shape index (κ2) is 5.91. The van der Waals surface area contributed by atoms with Crippen molar-refractivity contribution in [3.05, 3.63) is 10.8 Å². The monoisotopic (exact) mass is 316 g/mol. The number of hydrogen-bond acceptors (Lipinski definition) is 5. The van der Waals surface area contributed by atoms with E-state index in [-0.39, 0.29) is 0 Å². The zero-order valence-corrected chi connectivity index (χ0v) is 12.3. The van der Waals surface area contributed by atoms with E-state index in [0.717, 1.165) is 28.6 Å². The van der Waals surface area contributed by atoms with Crippen molar-refractivity contribution in [2.45, 2.75) is 24.5 Å². The Labute approximate surface area is 115 Å². The Kier molecular flexibility index (Phi) is 4.50. The van der Waals surface area contributed by atoms with E-state index in [1.165, 1.54) is 25.6 Å². The summed E-state index contributed by atoms with van der Waals surface area (Å²) in [5.41, 5.74) is 5.79. The molecule has 0 saturated carbocycles. The zero-order valence-electron chi connectivity index (χ0n) is 9.90. The SMILES string of the molecule is CSC1CCCN(c2ncnc(N)c2Br)CC1. The minimum absolute atomic E-state index is 0.515. The molecule has 17 heavy (non-hydrogen) atoms. The second-order valence-corrected chi connectivity index (χ2v) is 6.10. The molecule has 1 aromatic heterocycles. The lowest BCUT2D eigenvalue weighted by atomic mass is 10.2. The lowest BCUT2D eigenvalue weighted by Crippen LogP contribution is -2.26. The van der Waals surface area contributed by atoms with Crippen molar-refractivity contribution >= 4 is 39.3 Å². The van der Waals surface area contributed by atoms with Gasteiger partial charge in [-0.15, -0.1) is 0 Å². The minimum atomic E-state index is 0.515. The van der Waals surface area contributed by atoms with Crippen molar-refractivity contribution in [3.63, 3.8) is 0 Å². The molecule has 1 atom stereocenters. The van der Waals surface area contributed by atoms with Crippen LogP contribution in [-0.4, -0.2) is 34.6 Å². The number of anilines is 2. The van der Waals surface area contributed by atoms with Gasteiger partial charge in [0.2, 0.25) is 0 Å². The molecule has 0 aliphatic carbocycles. The molecule has 0 radical (unpaired) electrons. The summed E-state index contributed by atoms with van der Waals surface area (Å²) in [6, 6.07) is 0. The first-order valence-corrected chi connectivity index (χ1v) is 7.84. The Morgan fingerprint density at radius 2 is 2.24 bits per heavy atom. The predicted molar refractivity (Wildman–Crippen MR) is 77.5 cm³/mol. The van der Waals surface area contributed by atoms with Crippen LogP contribution in [0.5, 0.6) is 0 Å². The quantitative estimate of drug-likeness (QED) is 0.908. The molecule has 0 spiro atoms. The van der Waals surface area contributed by atoms with E-state index in [1.807, 2.05) is 11.8 Å². The molecule has 6 heteroatoms. The summed E-state index contributed by atoms with van der Waals surface area (Å²) in [5.74, 6) is 1.44. The number of halogens is 1. The van der Waals surface area contributed by atoms with E-state index in [0.29, 0.717) is 5.82 Å². The molecule has 2 rings (SSSR count). The highest BCUT2D eigenvalue weighted by molar-refractivity contribution is 9.10. The Hall–Kier alpha value is -0.490. The molecule has 1 unspecified atom stereocenters. The number of nitrogens with zero attached hydrogens (tertiary/aromatic N) is 3. The summed E-state index contributed by atoms with van der Waals surface area (Å²) in [4.78, 5) is 10.6. The van der Waals surface area contributed by atoms with Crippen molar-refractivity contribution in [2.75, 3.05) is 30.0 Å². The Morgan fingerprint density at radius 3 is 3.00 bits per heavy atom. The van der Waals surface area contributed by atoms with Crippen LogP contribution in [0, 0.1) is 0 Å². The van der Waals surface area contributed by atoms with Gasteiger partial charge in [-0.25, -0.2) is 9.97 Å². The average Bonchev–Trinajstić information content (AvgIpc) is 2.58. The van der Waals surface area contributed by atoms with Crippen LogP contribution in [0.3, 0.4) is 0 Å². The van der Waals surface area contributed by atoms with Crippen molar-refractivity contribution in [3.8, 4) is 0 Å². The number of aromatic nitrogens is 2. The fourth-order valence-corrected chi connectivity index (χ4v) is 3.31. The molecule has 1 aliphatic heterocycles. The van der Waals surface area contributed by atoms with Gasteiger partial charge in [0.1, 0.15) is 22.4 Å². The molecule has 1 aliphatic rings. The van der Waals surface area contributed by atoms with E-state index in [1.54, 1.807) is 0 Å².